The molecule has 1 saturated heterocycles. The third kappa shape index (κ3) is 6.07. The normalized spacial score (nSPS) is 32.1. The van der Waals surface area contributed by atoms with Crippen LogP contribution in [0.4, 0.5) is 0 Å². The predicted molar refractivity (Wildman–Crippen MR) is 77.0 cm³/mol. The average Bonchev–Trinajstić information content (AvgIpc) is 2.46. The van der Waals surface area contributed by atoms with E-state index in [2.05, 4.69) is 4.21 Å². The van der Waals surface area contributed by atoms with Crippen molar-refractivity contribution in [3.63, 3.8) is 0 Å². The highest BCUT2D eigenvalue weighted by Gasteiger charge is 2.53. The summed E-state index contributed by atoms with van der Waals surface area (Å²) < 4.78 is 36.0. The van der Waals surface area contributed by atoms with Crippen molar-refractivity contribution >= 4 is 16.9 Å². The summed E-state index contributed by atoms with van der Waals surface area (Å²) in [7, 11) is -9.31. The molecule has 0 amide bonds. The van der Waals surface area contributed by atoms with Crippen LogP contribution in [-0.2, 0) is 26.8 Å². The zero-order chi connectivity index (χ0) is 18.5. The van der Waals surface area contributed by atoms with Crippen LogP contribution in [0.2, 0.25) is 0 Å². The van der Waals surface area contributed by atoms with Gasteiger partial charge < -0.3 is 48.2 Å². The second-order valence-corrected chi connectivity index (χ2v) is 8.37. The SMILES string of the molecule is CCO[Si](OCC)(OCC1OC(O)C(O)C(O)C1O)OP(=O)(O)O. The molecule has 0 saturated carbocycles. The molecule has 24 heavy (non-hydrogen) atoms. The van der Waals surface area contributed by atoms with E-state index < -0.39 is 54.2 Å². The van der Waals surface area contributed by atoms with Crippen molar-refractivity contribution < 1.29 is 57.0 Å². The summed E-state index contributed by atoms with van der Waals surface area (Å²) in [6, 6.07) is 0. The van der Waals surface area contributed by atoms with Crippen LogP contribution in [0.15, 0.2) is 0 Å². The molecular weight excluding hydrogens is 371 g/mol. The molecule has 14 heteroatoms. The fourth-order valence-corrected chi connectivity index (χ4v) is 5.08. The zero-order valence-electron chi connectivity index (χ0n) is 13.1. The van der Waals surface area contributed by atoms with Gasteiger partial charge in [0.25, 0.3) is 0 Å². The predicted octanol–water partition coefficient (Wildman–Crippen LogP) is -2.58. The van der Waals surface area contributed by atoms with E-state index in [1.165, 1.54) is 13.8 Å². The molecule has 0 radical (unpaired) electrons. The summed E-state index contributed by atoms with van der Waals surface area (Å²) in [5.74, 6) is 0. The molecule has 144 valence electrons. The Hall–Kier alpha value is 0.00688. The van der Waals surface area contributed by atoms with Crippen molar-refractivity contribution in [3.8, 4) is 0 Å². The van der Waals surface area contributed by atoms with Gasteiger partial charge in [0.15, 0.2) is 6.29 Å². The van der Waals surface area contributed by atoms with Gasteiger partial charge in [0.1, 0.15) is 24.4 Å². The highest BCUT2D eigenvalue weighted by Crippen LogP contribution is 2.41. The van der Waals surface area contributed by atoms with Crippen molar-refractivity contribution in [2.24, 2.45) is 0 Å². The summed E-state index contributed by atoms with van der Waals surface area (Å²) >= 11 is 0. The first kappa shape index (κ1) is 22.0. The van der Waals surface area contributed by atoms with Gasteiger partial charge in [-0.3, -0.25) is 4.21 Å². The van der Waals surface area contributed by atoms with Crippen LogP contribution >= 0.6 is 7.82 Å². The topological polar surface area (TPSA) is 185 Å². The van der Waals surface area contributed by atoms with Crippen molar-refractivity contribution in [1.82, 2.24) is 0 Å². The highest BCUT2D eigenvalue weighted by molar-refractivity contribution is 7.47. The largest absolute Gasteiger partial charge is 0.688 e. The van der Waals surface area contributed by atoms with E-state index >= 15 is 0 Å². The fourth-order valence-electron chi connectivity index (χ4n) is 1.96. The van der Waals surface area contributed by atoms with Gasteiger partial charge in [0.05, 0.1) is 6.61 Å². The standard InChI is InChI=1S/C10H23O12PSi/c1-3-18-24(19-4-2,22-23(15,16)17)20-5-6-7(11)8(12)9(13)10(14)21-6/h6-14H,3-5H2,1-2H3,(H2,15,16,17). The molecule has 0 aromatic heterocycles. The smallest absolute Gasteiger partial charge is 0.387 e. The van der Waals surface area contributed by atoms with Crippen LogP contribution in [0.5, 0.6) is 0 Å². The molecule has 0 aromatic rings. The lowest BCUT2D eigenvalue weighted by molar-refractivity contribution is -0.287. The molecule has 1 fully saturated rings. The van der Waals surface area contributed by atoms with E-state index in [0.29, 0.717) is 0 Å². The second kappa shape index (κ2) is 9.09. The quantitative estimate of drug-likeness (QED) is 0.177. The number of phosphoric acid groups is 1. The van der Waals surface area contributed by atoms with Crippen LogP contribution < -0.4 is 0 Å². The maximum Gasteiger partial charge on any atom is 0.688 e. The molecule has 0 spiro atoms. The Labute approximate surface area is 139 Å². The Morgan fingerprint density at radius 1 is 0.958 bits per heavy atom. The molecule has 1 heterocycles. The molecule has 6 N–H and O–H groups in total. The Morgan fingerprint density at radius 3 is 1.96 bits per heavy atom. The summed E-state index contributed by atoms with van der Waals surface area (Å²) in [6.45, 7) is 2.34. The fraction of sp³-hybridized carbons (Fsp3) is 1.00. The Balaban J connectivity index is 2.84. The maximum atomic E-state index is 11.1. The van der Waals surface area contributed by atoms with Crippen molar-refractivity contribution in [2.75, 3.05) is 19.8 Å². The lowest BCUT2D eigenvalue weighted by atomic mass is 10.00. The number of rotatable bonds is 9. The summed E-state index contributed by atoms with van der Waals surface area (Å²) in [6.07, 6.45) is -8.17. The first-order valence-electron chi connectivity index (χ1n) is 7.11. The Bertz CT molecular complexity index is 426. The van der Waals surface area contributed by atoms with Crippen LogP contribution in [0.1, 0.15) is 13.8 Å². The highest BCUT2D eigenvalue weighted by atomic mass is 31.2. The lowest BCUT2D eigenvalue weighted by Crippen LogP contribution is -2.60. The van der Waals surface area contributed by atoms with Gasteiger partial charge in [-0.2, -0.15) is 0 Å². The molecule has 5 unspecified atom stereocenters. The average molecular weight is 394 g/mol. The number of ether oxygens (including phenoxy) is 1. The van der Waals surface area contributed by atoms with E-state index in [0.717, 1.165) is 0 Å². The van der Waals surface area contributed by atoms with Crippen LogP contribution in [0, 0.1) is 0 Å². The third-order valence-electron chi connectivity index (χ3n) is 2.98. The second-order valence-electron chi connectivity index (χ2n) is 4.80. The van der Waals surface area contributed by atoms with E-state index in [1.807, 2.05) is 0 Å². The van der Waals surface area contributed by atoms with E-state index in [9.17, 15) is 25.0 Å². The first-order chi connectivity index (χ1) is 11.0. The van der Waals surface area contributed by atoms with Crippen molar-refractivity contribution in [2.45, 2.75) is 44.6 Å². The van der Waals surface area contributed by atoms with Gasteiger partial charge >= 0.3 is 16.9 Å². The maximum absolute atomic E-state index is 11.1. The Morgan fingerprint density at radius 2 is 1.50 bits per heavy atom. The van der Waals surface area contributed by atoms with E-state index in [4.69, 9.17) is 27.8 Å². The van der Waals surface area contributed by atoms with Crippen LogP contribution in [0.3, 0.4) is 0 Å². The van der Waals surface area contributed by atoms with E-state index in [-0.39, 0.29) is 13.2 Å². The van der Waals surface area contributed by atoms with Gasteiger partial charge in [0.2, 0.25) is 0 Å². The molecule has 1 aliphatic heterocycles. The molecule has 1 rings (SSSR count). The molecule has 0 aromatic carbocycles. The molecule has 1 aliphatic rings. The molecule has 0 aliphatic carbocycles. The van der Waals surface area contributed by atoms with Gasteiger partial charge in [-0.1, -0.05) is 0 Å². The van der Waals surface area contributed by atoms with E-state index in [1.54, 1.807) is 0 Å². The molecule has 0 bridgehead atoms. The zero-order valence-corrected chi connectivity index (χ0v) is 15.0. The molecule has 5 atom stereocenters. The summed E-state index contributed by atoms with van der Waals surface area (Å²) in [5.41, 5.74) is 0. The van der Waals surface area contributed by atoms with Crippen LogP contribution in [0.25, 0.3) is 0 Å². The summed E-state index contributed by atoms with van der Waals surface area (Å²) in [4.78, 5) is 18.0. The van der Waals surface area contributed by atoms with Crippen LogP contribution in [-0.4, -0.2) is 89.8 Å². The third-order valence-corrected chi connectivity index (χ3v) is 6.63. The Kier molecular flexibility index (Phi) is 8.35. The minimum Gasteiger partial charge on any atom is -0.387 e. The molecular formula is C10H23O12PSi. The number of aliphatic hydroxyl groups is 4. The van der Waals surface area contributed by atoms with Gasteiger partial charge in [0, 0.05) is 13.2 Å². The van der Waals surface area contributed by atoms with Gasteiger partial charge in [-0.15, -0.1) is 0 Å². The monoisotopic (exact) mass is 394 g/mol. The van der Waals surface area contributed by atoms with Crippen molar-refractivity contribution in [1.29, 1.82) is 0 Å². The number of aliphatic hydroxyl groups excluding tert-OH is 4. The number of hydrogen-bond donors (Lipinski definition) is 6. The summed E-state index contributed by atoms with van der Waals surface area (Å²) in [5, 5.41) is 38.3. The minimum atomic E-state index is -5.02. The minimum absolute atomic E-state index is 0.0513. The lowest BCUT2D eigenvalue weighted by Gasteiger charge is -2.39. The molecule has 12 nitrogen and oxygen atoms in total. The van der Waals surface area contributed by atoms with Crippen molar-refractivity contribution in [3.05, 3.63) is 0 Å². The number of hydrogen-bond acceptors (Lipinski definition) is 10. The van der Waals surface area contributed by atoms with Gasteiger partial charge in [-0.05, 0) is 13.8 Å². The first-order valence-corrected chi connectivity index (χ1v) is 10.3. The van der Waals surface area contributed by atoms with Gasteiger partial charge in [-0.25, -0.2) is 4.57 Å².